The Bertz CT molecular complexity index is 1370. The van der Waals surface area contributed by atoms with Crippen molar-refractivity contribution in [2.45, 2.75) is 76.5 Å². The van der Waals surface area contributed by atoms with E-state index in [9.17, 15) is 14.4 Å². The maximum Gasteiger partial charge on any atom is 0.255 e. The molecule has 192 valence electrons. The summed E-state index contributed by atoms with van der Waals surface area (Å²) >= 11 is 0. The van der Waals surface area contributed by atoms with Crippen LogP contribution in [0.15, 0.2) is 48.5 Å². The highest BCUT2D eigenvalue weighted by Crippen LogP contribution is 2.46. The average molecular weight is 499 g/mol. The Labute approximate surface area is 217 Å². The first kappa shape index (κ1) is 23.8. The van der Waals surface area contributed by atoms with Crippen LogP contribution in [-0.4, -0.2) is 45.7 Å². The van der Waals surface area contributed by atoms with Gasteiger partial charge in [-0.15, -0.1) is 0 Å². The van der Waals surface area contributed by atoms with Gasteiger partial charge in [-0.3, -0.25) is 14.4 Å². The van der Waals surface area contributed by atoms with Gasteiger partial charge in [0.25, 0.3) is 5.91 Å². The summed E-state index contributed by atoms with van der Waals surface area (Å²) in [7, 11) is 0. The average Bonchev–Trinajstić information content (AvgIpc) is 3.42. The second-order valence-corrected chi connectivity index (χ2v) is 11.1. The maximum atomic E-state index is 13.9. The minimum absolute atomic E-state index is 0.0814. The van der Waals surface area contributed by atoms with Gasteiger partial charge in [0.2, 0.25) is 11.8 Å². The quantitative estimate of drug-likeness (QED) is 0.491. The standard InChI is InChI=1S/C30H34N4O3/c1-17(2)25(29(36)31-18-10-4-3-5-11-18)33-28(35)24-16-22-19-12-8-9-15-23(19)32-26(22)27-20-13-6-7-14-21(20)30(37)34(24)27/h6-9,12-15,17-18,24-25,27,32H,3-5,10-11,16H2,1-2H3,(H,31,36)(H,33,35)/t24-,25-,27-/m0/s1. The Morgan fingerprint density at radius 3 is 2.51 bits per heavy atom. The number of fused-ring (bicyclic) bond motifs is 7. The lowest BCUT2D eigenvalue weighted by atomic mass is 9.89. The highest BCUT2D eigenvalue weighted by Gasteiger charge is 2.49. The molecule has 0 spiro atoms. The molecule has 2 aliphatic heterocycles. The molecule has 3 aromatic rings. The Kier molecular flexibility index (Phi) is 6.01. The molecule has 1 aromatic heterocycles. The van der Waals surface area contributed by atoms with Crippen LogP contribution in [0, 0.1) is 5.92 Å². The molecule has 1 fully saturated rings. The summed E-state index contributed by atoms with van der Waals surface area (Å²) in [5, 5.41) is 7.30. The van der Waals surface area contributed by atoms with Gasteiger partial charge >= 0.3 is 0 Å². The summed E-state index contributed by atoms with van der Waals surface area (Å²) in [5.74, 6) is -0.633. The molecule has 0 bridgehead atoms. The largest absolute Gasteiger partial charge is 0.356 e. The summed E-state index contributed by atoms with van der Waals surface area (Å²) < 4.78 is 0. The van der Waals surface area contributed by atoms with Crippen LogP contribution < -0.4 is 10.6 Å². The topological polar surface area (TPSA) is 94.3 Å². The van der Waals surface area contributed by atoms with E-state index in [4.69, 9.17) is 0 Å². The summed E-state index contributed by atoms with van der Waals surface area (Å²) in [6.07, 6.45) is 5.82. The van der Waals surface area contributed by atoms with Gasteiger partial charge in [-0.2, -0.15) is 0 Å². The summed E-state index contributed by atoms with van der Waals surface area (Å²) in [6, 6.07) is 14.1. The second-order valence-electron chi connectivity index (χ2n) is 11.1. The van der Waals surface area contributed by atoms with Crippen LogP contribution in [0.2, 0.25) is 0 Å². The summed E-state index contributed by atoms with van der Waals surface area (Å²) in [4.78, 5) is 46.1. The van der Waals surface area contributed by atoms with Crippen molar-refractivity contribution >= 4 is 28.6 Å². The Balaban J connectivity index is 1.33. The van der Waals surface area contributed by atoms with E-state index < -0.39 is 12.1 Å². The van der Waals surface area contributed by atoms with Crippen LogP contribution >= 0.6 is 0 Å². The van der Waals surface area contributed by atoms with Crippen LogP contribution in [0.5, 0.6) is 0 Å². The monoisotopic (exact) mass is 498 g/mol. The van der Waals surface area contributed by atoms with Gasteiger partial charge in [-0.25, -0.2) is 0 Å². The van der Waals surface area contributed by atoms with Gasteiger partial charge in [-0.05, 0) is 42.0 Å². The first-order valence-corrected chi connectivity index (χ1v) is 13.6. The highest BCUT2D eigenvalue weighted by atomic mass is 16.2. The number of aromatic nitrogens is 1. The number of hydrogen-bond acceptors (Lipinski definition) is 3. The summed E-state index contributed by atoms with van der Waals surface area (Å²) in [6.45, 7) is 3.90. The van der Waals surface area contributed by atoms with Crippen LogP contribution in [-0.2, 0) is 16.0 Å². The Morgan fingerprint density at radius 2 is 1.73 bits per heavy atom. The Morgan fingerprint density at radius 1 is 1.00 bits per heavy atom. The van der Waals surface area contributed by atoms with Crippen molar-refractivity contribution in [3.8, 4) is 0 Å². The van der Waals surface area contributed by atoms with Crippen LogP contribution in [0.25, 0.3) is 10.9 Å². The van der Waals surface area contributed by atoms with E-state index in [1.807, 2.05) is 56.3 Å². The van der Waals surface area contributed by atoms with Crippen molar-refractivity contribution in [1.29, 1.82) is 0 Å². The number of para-hydroxylation sites is 1. The van der Waals surface area contributed by atoms with Crippen molar-refractivity contribution in [3.05, 3.63) is 70.9 Å². The molecule has 3 N–H and O–H groups in total. The summed E-state index contributed by atoms with van der Waals surface area (Å²) in [5.41, 5.74) is 4.58. The van der Waals surface area contributed by atoms with E-state index >= 15 is 0 Å². The molecule has 0 radical (unpaired) electrons. The molecule has 7 nitrogen and oxygen atoms in total. The molecule has 6 rings (SSSR count). The lowest BCUT2D eigenvalue weighted by molar-refractivity contribution is -0.133. The number of hydrogen-bond donors (Lipinski definition) is 3. The van der Waals surface area contributed by atoms with Gasteiger partial charge in [0.05, 0.1) is 6.04 Å². The minimum atomic E-state index is -0.708. The molecule has 3 heterocycles. The zero-order valence-corrected chi connectivity index (χ0v) is 21.4. The lowest BCUT2D eigenvalue weighted by Gasteiger charge is -2.38. The van der Waals surface area contributed by atoms with Crippen molar-refractivity contribution in [2.24, 2.45) is 5.92 Å². The lowest BCUT2D eigenvalue weighted by Crippen LogP contribution is -2.58. The third kappa shape index (κ3) is 4.01. The molecule has 1 saturated carbocycles. The van der Waals surface area contributed by atoms with E-state index in [0.29, 0.717) is 12.0 Å². The van der Waals surface area contributed by atoms with Crippen molar-refractivity contribution in [2.75, 3.05) is 0 Å². The minimum Gasteiger partial charge on any atom is -0.356 e. The molecule has 3 atom stereocenters. The molecule has 37 heavy (non-hydrogen) atoms. The normalized spacial score (nSPS) is 21.9. The van der Waals surface area contributed by atoms with Gasteiger partial charge in [0, 0.05) is 34.6 Å². The molecule has 2 aromatic carbocycles. The number of carbonyl (C=O) groups is 3. The second kappa shape index (κ2) is 9.36. The zero-order valence-electron chi connectivity index (χ0n) is 21.4. The first-order chi connectivity index (χ1) is 17.9. The number of rotatable bonds is 5. The van der Waals surface area contributed by atoms with E-state index in [2.05, 4.69) is 21.7 Å². The Hall–Kier alpha value is -3.61. The predicted molar refractivity (Wildman–Crippen MR) is 142 cm³/mol. The molecule has 3 aliphatic rings. The van der Waals surface area contributed by atoms with E-state index in [1.165, 1.54) is 6.42 Å². The third-order valence-corrected chi connectivity index (χ3v) is 8.35. The van der Waals surface area contributed by atoms with Crippen molar-refractivity contribution in [1.82, 2.24) is 20.5 Å². The van der Waals surface area contributed by atoms with Crippen molar-refractivity contribution < 1.29 is 14.4 Å². The highest BCUT2D eigenvalue weighted by molar-refractivity contribution is 6.04. The molecule has 0 unspecified atom stereocenters. The number of carbonyl (C=O) groups excluding carboxylic acids is 3. The number of H-pyrrole nitrogens is 1. The van der Waals surface area contributed by atoms with Gasteiger partial charge in [0.15, 0.2) is 0 Å². The predicted octanol–water partition coefficient (Wildman–Crippen LogP) is 4.23. The van der Waals surface area contributed by atoms with E-state index in [1.54, 1.807) is 4.90 Å². The first-order valence-electron chi connectivity index (χ1n) is 13.6. The number of nitrogens with one attached hydrogen (secondary N) is 3. The van der Waals surface area contributed by atoms with E-state index in [0.717, 1.165) is 53.4 Å². The maximum absolute atomic E-state index is 13.9. The number of nitrogens with zero attached hydrogens (tertiary/aromatic N) is 1. The zero-order chi connectivity index (χ0) is 25.7. The molecule has 3 amide bonds. The van der Waals surface area contributed by atoms with Gasteiger partial charge in [0.1, 0.15) is 12.1 Å². The van der Waals surface area contributed by atoms with Crippen LogP contribution in [0.1, 0.15) is 79.2 Å². The van der Waals surface area contributed by atoms with Gasteiger partial charge in [-0.1, -0.05) is 69.5 Å². The molecule has 0 saturated heterocycles. The van der Waals surface area contributed by atoms with Crippen molar-refractivity contribution in [3.63, 3.8) is 0 Å². The SMILES string of the molecule is CC(C)[C@H](NC(=O)[C@@H]1Cc2c([nH]c3ccccc23)[C@@H]2c3ccccc3C(=O)N21)C(=O)NC1CCCCC1. The number of amides is 3. The van der Waals surface area contributed by atoms with E-state index in [-0.39, 0.29) is 35.7 Å². The fourth-order valence-electron chi connectivity index (χ4n) is 6.46. The fraction of sp³-hybridized carbons (Fsp3) is 0.433. The third-order valence-electron chi connectivity index (χ3n) is 8.35. The molecular weight excluding hydrogens is 464 g/mol. The fourth-order valence-corrected chi connectivity index (χ4v) is 6.46. The molecular formula is C30H34N4O3. The number of benzene rings is 2. The van der Waals surface area contributed by atoms with Crippen LogP contribution in [0.4, 0.5) is 0 Å². The smallest absolute Gasteiger partial charge is 0.255 e. The molecule has 1 aliphatic carbocycles. The number of aromatic amines is 1. The molecule has 7 heteroatoms. The van der Waals surface area contributed by atoms with Gasteiger partial charge < -0.3 is 20.5 Å². The van der Waals surface area contributed by atoms with Crippen LogP contribution in [0.3, 0.4) is 0 Å².